The number of aromatic hydroxyl groups is 1. The number of hydrogen-bond donors (Lipinski definition) is 1. The summed E-state index contributed by atoms with van der Waals surface area (Å²) in [4.78, 5) is 15.2. The number of benzene rings is 2. The van der Waals surface area contributed by atoms with E-state index < -0.39 is 0 Å². The van der Waals surface area contributed by atoms with E-state index in [-0.39, 0.29) is 17.7 Å². The van der Waals surface area contributed by atoms with Crippen LogP contribution < -0.4 is 4.90 Å². The molecule has 4 rings (SSSR count). The maximum Gasteiger partial charge on any atom is 0.258 e. The van der Waals surface area contributed by atoms with E-state index in [2.05, 4.69) is 33.5 Å². The number of phenolic OH excluding ortho intramolecular Hbond substituents is 1. The fourth-order valence-electron chi connectivity index (χ4n) is 3.46. The van der Waals surface area contributed by atoms with E-state index in [9.17, 15) is 9.90 Å². The smallest absolute Gasteiger partial charge is 0.258 e. The van der Waals surface area contributed by atoms with E-state index in [0.717, 1.165) is 28.0 Å². The zero-order chi connectivity index (χ0) is 17.6. The molecular weight excluding hydrogens is 380 g/mol. The minimum absolute atomic E-state index is 0.0434. The third-order valence-corrected chi connectivity index (χ3v) is 5.10. The average molecular weight is 397 g/mol. The van der Waals surface area contributed by atoms with Gasteiger partial charge in [0.1, 0.15) is 5.75 Å². The molecule has 0 radical (unpaired) electrons. The van der Waals surface area contributed by atoms with Crippen molar-refractivity contribution in [3.8, 4) is 11.4 Å². The van der Waals surface area contributed by atoms with Crippen molar-refractivity contribution in [3.63, 3.8) is 0 Å². The highest BCUT2D eigenvalue weighted by Gasteiger charge is 2.34. The number of halogens is 1. The first kappa shape index (κ1) is 16.0. The second kappa shape index (κ2) is 6.08. The lowest BCUT2D eigenvalue weighted by molar-refractivity contribution is 0.0973. The fourth-order valence-corrected chi connectivity index (χ4v) is 3.81. The SMILES string of the molecule is CC[C@H]1c2cccn2-c2ccc(Br)cc2N1C(=O)c1ccc(O)cc1. The van der Waals surface area contributed by atoms with Crippen molar-refractivity contribution in [3.05, 3.63) is 76.5 Å². The zero-order valence-electron chi connectivity index (χ0n) is 13.7. The molecule has 0 saturated carbocycles. The Balaban J connectivity index is 1.90. The summed E-state index contributed by atoms with van der Waals surface area (Å²) in [5, 5.41) is 9.51. The maximum absolute atomic E-state index is 13.3. The molecule has 2 aromatic carbocycles. The van der Waals surface area contributed by atoms with Crippen molar-refractivity contribution in [2.24, 2.45) is 0 Å². The van der Waals surface area contributed by atoms with Crippen LogP contribution in [-0.2, 0) is 0 Å². The Morgan fingerprint density at radius 2 is 1.88 bits per heavy atom. The monoisotopic (exact) mass is 396 g/mol. The normalized spacial score (nSPS) is 15.6. The molecule has 0 fully saturated rings. The molecule has 1 atom stereocenters. The summed E-state index contributed by atoms with van der Waals surface area (Å²) in [5.74, 6) is 0.0814. The van der Waals surface area contributed by atoms with Gasteiger partial charge < -0.3 is 9.67 Å². The largest absolute Gasteiger partial charge is 0.508 e. The molecule has 1 aliphatic rings. The molecule has 0 bridgehead atoms. The topological polar surface area (TPSA) is 45.5 Å². The maximum atomic E-state index is 13.3. The van der Waals surface area contributed by atoms with Gasteiger partial charge in [0.25, 0.3) is 5.91 Å². The van der Waals surface area contributed by atoms with Crippen molar-refractivity contribution in [1.29, 1.82) is 0 Å². The first-order chi connectivity index (χ1) is 12.1. The summed E-state index contributed by atoms with van der Waals surface area (Å²) in [6, 6.07) is 16.4. The zero-order valence-corrected chi connectivity index (χ0v) is 15.3. The van der Waals surface area contributed by atoms with E-state index in [0.29, 0.717) is 5.56 Å². The highest BCUT2D eigenvalue weighted by Crippen LogP contribution is 2.42. The lowest BCUT2D eigenvalue weighted by Gasteiger charge is -2.38. The van der Waals surface area contributed by atoms with Gasteiger partial charge in [0.2, 0.25) is 0 Å². The number of hydrogen-bond acceptors (Lipinski definition) is 2. The number of aromatic nitrogens is 1. The molecule has 25 heavy (non-hydrogen) atoms. The summed E-state index contributed by atoms with van der Waals surface area (Å²) in [5.41, 5.74) is 3.52. The van der Waals surface area contributed by atoms with Gasteiger partial charge in [-0.2, -0.15) is 0 Å². The minimum Gasteiger partial charge on any atom is -0.508 e. The molecule has 3 aromatic rings. The van der Waals surface area contributed by atoms with Gasteiger partial charge in [0, 0.05) is 21.9 Å². The average Bonchev–Trinajstić information content (AvgIpc) is 3.10. The van der Waals surface area contributed by atoms with Crippen LogP contribution in [0.2, 0.25) is 0 Å². The van der Waals surface area contributed by atoms with Crippen molar-refractivity contribution in [1.82, 2.24) is 4.57 Å². The molecule has 1 N–H and O–H groups in total. The van der Waals surface area contributed by atoms with Gasteiger partial charge in [-0.05, 0) is 61.0 Å². The van der Waals surface area contributed by atoms with Crippen LogP contribution in [0.25, 0.3) is 5.69 Å². The molecule has 5 heteroatoms. The van der Waals surface area contributed by atoms with Crippen LogP contribution in [0.15, 0.2) is 65.3 Å². The molecular formula is C20H17BrN2O2. The number of anilines is 1. The van der Waals surface area contributed by atoms with Crippen molar-refractivity contribution < 1.29 is 9.90 Å². The summed E-state index contributed by atoms with van der Waals surface area (Å²) >= 11 is 3.53. The third kappa shape index (κ3) is 2.55. The summed E-state index contributed by atoms with van der Waals surface area (Å²) in [6.45, 7) is 2.09. The fraction of sp³-hybridized carbons (Fsp3) is 0.150. The lowest BCUT2D eigenvalue weighted by atomic mass is 10.0. The highest BCUT2D eigenvalue weighted by molar-refractivity contribution is 9.10. The Morgan fingerprint density at radius 1 is 1.12 bits per heavy atom. The molecule has 0 spiro atoms. The van der Waals surface area contributed by atoms with Gasteiger partial charge in [-0.15, -0.1) is 0 Å². The van der Waals surface area contributed by atoms with Crippen LogP contribution in [0.5, 0.6) is 5.75 Å². The van der Waals surface area contributed by atoms with E-state index in [1.807, 2.05) is 35.4 Å². The predicted molar refractivity (Wildman–Crippen MR) is 101 cm³/mol. The summed E-state index contributed by atoms with van der Waals surface area (Å²) in [6.07, 6.45) is 2.84. The Kier molecular flexibility index (Phi) is 3.88. The molecule has 1 amide bonds. The number of amides is 1. The summed E-state index contributed by atoms with van der Waals surface area (Å²) in [7, 11) is 0. The van der Waals surface area contributed by atoms with Crippen LogP contribution in [0.3, 0.4) is 0 Å². The molecule has 1 aromatic heterocycles. The number of phenols is 1. The van der Waals surface area contributed by atoms with E-state index in [1.54, 1.807) is 24.3 Å². The van der Waals surface area contributed by atoms with E-state index in [4.69, 9.17) is 0 Å². The molecule has 126 valence electrons. The van der Waals surface area contributed by atoms with Crippen molar-refractivity contribution in [2.45, 2.75) is 19.4 Å². The Morgan fingerprint density at radius 3 is 2.60 bits per heavy atom. The van der Waals surface area contributed by atoms with Gasteiger partial charge >= 0.3 is 0 Å². The summed E-state index contributed by atoms with van der Waals surface area (Å²) < 4.78 is 3.08. The van der Waals surface area contributed by atoms with Crippen LogP contribution in [0.1, 0.15) is 35.4 Å². The lowest BCUT2D eigenvalue weighted by Crippen LogP contribution is -2.39. The Labute approximate surface area is 154 Å². The van der Waals surface area contributed by atoms with Crippen LogP contribution >= 0.6 is 15.9 Å². The van der Waals surface area contributed by atoms with Gasteiger partial charge in [-0.3, -0.25) is 9.69 Å². The Hall–Kier alpha value is -2.53. The van der Waals surface area contributed by atoms with E-state index in [1.165, 1.54) is 0 Å². The van der Waals surface area contributed by atoms with Crippen LogP contribution in [0.4, 0.5) is 5.69 Å². The number of carbonyl (C=O) groups is 1. The molecule has 2 heterocycles. The molecule has 1 aliphatic heterocycles. The quantitative estimate of drug-likeness (QED) is 0.657. The van der Waals surface area contributed by atoms with E-state index >= 15 is 0 Å². The number of fused-ring (bicyclic) bond motifs is 3. The van der Waals surface area contributed by atoms with Gasteiger partial charge in [-0.25, -0.2) is 0 Å². The molecule has 0 unspecified atom stereocenters. The van der Waals surface area contributed by atoms with Crippen molar-refractivity contribution in [2.75, 3.05) is 4.90 Å². The first-order valence-electron chi connectivity index (χ1n) is 8.20. The Bertz CT molecular complexity index is 947. The molecule has 4 nitrogen and oxygen atoms in total. The molecule has 0 saturated heterocycles. The number of nitrogens with zero attached hydrogens (tertiary/aromatic N) is 2. The van der Waals surface area contributed by atoms with Crippen molar-refractivity contribution >= 4 is 27.5 Å². The van der Waals surface area contributed by atoms with Crippen LogP contribution in [-0.4, -0.2) is 15.6 Å². The first-order valence-corrected chi connectivity index (χ1v) is 8.99. The van der Waals surface area contributed by atoms with Gasteiger partial charge in [0.05, 0.1) is 17.4 Å². The van der Waals surface area contributed by atoms with Gasteiger partial charge in [-0.1, -0.05) is 22.9 Å². The van der Waals surface area contributed by atoms with Gasteiger partial charge in [0.15, 0.2) is 0 Å². The highest BCUT2D eigenvalue weighted by atomic mass is 79.9. The second-order valence-corrected chi connectivity index (χ2v) is 7.00. The van der Waals surface area contributed by atoms with Crippen LogP contribution in [0, 0.1) is 0 Å². The molecule has 0 aliphatic carbocycles. The number of carbonyl (C=O) groups excluding carboxylic acids is 1. The second-order valence-electron chi connectivity index (χ2n) is 6.08. The predicted octanol–water partition coefficient (Wildman–Crippen LogP) is 5.06. The standard InChI is InChI=1S/C20H17BrN2O2/c1-2-16-17-4-3-11-22(17)18-10-7-14(21)12-19(18)23(16)20(25)13-5-8-15(24)9-6-13/h3-12,16,24H,2H2,1H3/t16-/m0/s1. The third-order valence-electron chi connectivity index (χ3n) is 4.61. The minimum atomic E-state index is -0.0707. The number of rotatable bonds is 2.